The molecular formula is C31H33Cl2N3O2. The van der Waals surface area contributed by atoms with Crippen molar-refractivity contribution in [1.82, 2.24) is 4.90 Å². The highest BCUT2D eigenvalue weighted by molar-refractivity contribution is 6.31. The van der Waals surface area contributed by atoms with E-state index in [4.69, 9.17) is 23.2 Å². The normalized spacial score (nSPS) is 19.8. The zero-order valence-corrected chi connectivity index (χ0v) is 23.1. The second-order valence-corrected chi connectivity index (χ2v) is 11.2. The van der Waals surface area contributed by atoms with E-state index >= 15 is 0 Å². The number of hydrogen-bond acceptors (Lipinski definition) is 3. The van der Waals surface area contributed by atoms with Crippen molar-refractivity contribution in [2.45, 2.75) is 57.5 Å². The van der Waals surface area contributed by atoms with E-state index < -0.39 is 12.0 Å². The Bertz CT molecular complexity index is 1290. The zero-order valence-electron chi connectivity index (χ0n) is 21.6. The lowest BCUT2D eigenvalue weighted by Gasteiger charge is -2.41. The van der Waals surface area contributed by atoms with Crippen LogP contribution in [0.15, 0.2) is 66.7 Å². The van der Waals surface area contributed by atoms with Crippen LogP contribution in [0.25, 0.3) is 0 Å². The summed E-state index contributed by atoms with van der Waals surface area (Å²) in [5, 5.41) is 7.87. The first-order chi connectivity index (χ1) is 18.4. The zero-order chi connectivity index (χ0) is 26.6. The Morgan fingerprint density at radius 3 is 2.21 bits per heavy atom. The van der Waals surface area contributed by atoms with E-state index in [0.29, 0.717) is 40.3 Å². The topological polar surface area (TPSA) is 61.4 Å². The van der Waals surface area contributed by atoms with Crippen molar-refractivity contribution < 1.29 is 9.59 Å². The third-order valence-electron chi connectivity index (χ3n) is 7.74. The molecule has 5 nitrogen and oxygen atoms in total. The van der Waals surface area contributed by atoms with Crippen molar-refractivity contribution in [2.24, 2.45) is 5.92 Å². The van der Waals surface area contributed by atoms with E-state index in [0.717, 1.165) is 23.2 Å². The van der Waals surface area contributed by atoms with Crippen LogP contribution >= 0.6 is 23.2 Å². The highest BCUT2D eigenvalue weighted by atomic mass is 35.5. The Morgan fingerprint density at radius 2 is 1.53 bits per heavy atom. The Hall–Kier alpha value is -3.02. The molecule has 2 atom stereocenters. The Labute approximate surface area is 234 Å². The van der Waals surface area contributed by atoms with Crippen LogP contribution in [0.4, 0.5) is 11.4 Å². The molecule has 0 radical (unpaired) electrons. The number of hydrogen-bond donors (Lipinski definition) is 2. The molecule has 0 bridgehead atoms. The predicted octanol–water partition coefficient (Wildman–Crippen LogP) is 7.89. The molecule has 3 aromatic rings. The van der Waals surface area contributed by atoms with Crippen molar-refractivity contribution >= 4 is 46.4 Å². The molecule has 7 heteroatoms. The molecule has 198 valence electrons. The van der Waals surface area contributed by atoms with Gasteiger partial charge in [-0.3, -0.25) is 9.59 Å². The molecule has 1 saturated heterocycles. The maximum absolute atomic E-state index is 13.7. The van der Waals surface area contributed by atoms with Gasteiger partial charge in [0, 0.05) is 39.6 Å². The quantitative estimate of drug-likeness (QED) is 0.328. The summed E-state index contributed by atoms with van der Waals surface area (Å²) in [5.74, 6) is -0.624. The number of nitrogens with zero attached hydrogens (tertiary/aromatic N) is 1. The molecule has 2 fully saturated rings. The van der Waals surface area contributed by atoms with Crippen LogP contribution in [0.3, 0.4) is 0 Å². The molecule has 2 amide bonds. The minimum Gasteiger partial charge on any atom is -0.382 e. The summed E-state index contributed by atoms with van der Waals surface area (Å²) in [6, 6.07) is 20.8. The number of likely N-dealkylation sites (tertiary alicyclic amines) is 1. The Kier molecular flexibility index (Phi) is 8.25. The Balaban J connectivity index is 1.44. The number of aryl methyl sites for hydroxylation is 1. The molecule has 1 aliphatic carbocycles. The van der Waals surface area contributed by atoms with Gasteiger partial charge in [0.25, 0.3) is 5.91 Å². The molecule has 0 aromatic heterocycles. The molecule has 0 unspecified atom stereocenters. The van der Waals surface area contributed by atoms with Crippen LogP contribution < -0.4 is 10.6 Å². The lowest BCUT2D eigenvalue weighted by atomic mass is 9.83. The van der Waals surface area contributed by atoms with E-state index in [1.54, 1.807) is 30.3 Å². The summed E-state index contributed by atoms with van der Waals surface area (Å²) in [5.41, 5.74) is 4.19. The number of nitrogens with one attached hydrogen (secondary N) is 2. The first-order valence-corrected chi connectivity index (χ1v) is 14.1. The van der Waals surface area contributed by atoms with E-state index in [9.17, 15) is 9.59 Å². The maximum Gasteiger partial charge on any atom is 0.254 e. The molecular weight excluding hydrogens is 517 g/mol. The second-order valence-electron chi connectivity index (χ2n) is 10.4. The number of halogens is 2. The predicted molar refractivity (Wildman–Crippen MR) is 155 cm³/mol. The third-order valence-corrected chi connectivity index (χ3v) is 8.40. The molecule has 1 heterocycles. The maximum atomic E-state index is 13.7. The standard InChI is InChI=1S/C31H33Cl2N3O2/c1-20-8-15-26(19-28(20)33)35-30(37)27-7-4-18-36(31(38)22-9-13-23(32)14-10-22)29(27)21-11-16-25(17-12-21)34-24-5-2-3-6-24/h8-17,19,24,27,29,34H,2-7,18H2,1H3,(H,35,37)/t27-,29-/m0/s1. The number of carbonyl (C=O) groups excluding carboxylic acids is 2. The van der Waals surface area contributed by atoms with Gasteiger partial charge in [0.15, 0.2) is 0 Å². The molecule has 5 rings (SSSR count). The highest BCUT2D eigenvalue weighted by Crippen LogP contribution is 2.39. The Morgan fingerprint density at radius 1 is 0.842 bits per heavy atom. The second kappa shape index (κ2) is 11.8. The number of anilines is 2. The average Bonchev–Trinajstić information content (AvgIpc) is 3.44. The minimum atomic E-state index is -0.409. The van der Waals surface area contributed by atoms with Gasteiger partial charge in [-0.05, 0) is 92.3 Å². The van der Waals surface area contributed by atoms with Crippen molar-refractivity contribution in [3.8, 4) is 0 Å². The largest absolute Gasteiger partial charge is 0.382 e. The van der Waals surface area contributed by atoms with Gasteiger partial charge in [0.2, 0.25) is 5.91 Å². The average molecular weight is 551 g/mol. The van der Waals surface area contributed by atoms with Crippen LogP contribution in [0.2, 0.25) is 10.0 Å². The molecule has 2 aliphatic rings. The van der Waals surface area contributed by atoms with Gasteiger partial charge in [-0.1, -0.05) is 54.2 Å². The fourth-order valence-corrected chi connectivity index (χ4v) is 5.96. The smallest absolute Gasteiger partial charge is 0.254 e. The van der Waals surface area contributed by atoms with Crippen LogP contribution in [0, 0.1) is 12.8 Å². The number of benzene rings is 3. The minimum absolute atomic E-state index is 0.101. The van der Waals surface area contributed by atoms with Crippen molar-refractivity contribution in [3.05, 3.63) is 93.5 Å². The van der Waals surface area contributed by atoms with Crippen LogP contribution in [-0.2, 0) is 4.79 Å². The number of amides is 2. The van der Waals surface area contributed by atoms with Crippen LogP contribution in [0.1, 0.15) is 66.1 Å². The number of rotatable bonds is 6. The van der Waals surface area contributed by atoms with E-state index in [2.05, 4.69) is 34.9 Å². The van der Waals surface area contributed by atoms with Crippen LogP contribution in [-0.4, -0.2) is 29.3 Å². The van der Waals surface area contributed by atoms with Gasteiger partial charge < -0.3 is 15.5 Å². The fourth-order valence-electron chi connectivity index (χ4n) is 5.66. The SMILES string of the molecule is Cc1ccc(NC(=O)[C@H]2CCCN(C(=O)c3ccc(Cl)cc3)[C@H]2c2ccc(NC3CCCC3)cc2)cc1Cl. The lowest BCUT2D eigenvalue weighted by Crippen LogP contribution is -2.46. The van der Waals surface area contributed by atoms with Gasteiger partial charge in [-0.2, -0.15) is 0 Å². The van der Waals surface area contributed by atoms with Crippen molar-refractivity contribution in [3.63, 3.8) is 0 Å². The molecule has 38 heavy (non-hydrogen) atoms. The van der Waals surface area contributed by atoms with Gasteiger partial charge in [0.1, 0.15) is 0 Å². The van der Waals surface area contributed by atoms with E-state index in [1.165, 1.54) is 25.7 Å². The van der Waals surface area contributed by atoms with E-state index in [1.807, 2.05) is 24.0 Å². The van der Waals surface area contributed by atoms with Gasteiger partial charge in [-0.25, -0.2) is 0 Å². The number of piperidine rings is 1. The summed E-state index contributed by atoms with van der Waals surface area (Å²) in [4.78, 5) is 29.2. The van der Waals surface area contributed by atoms with Crippen LogP contribution in [0.5, 0.6) is 0 Å². The van der Waals surface area contributed by atoms with Gasteiger partial charge >= 0.3 is 0 Å². The fraction of sp³-hybridized carbons (Fsp3) is 0.355. The highest BCUT2D eigenvalue weighted by Gasteiger charge is 2.39. The third kappa shape index (κ3) is 6.00. The monoisotopic (exact) mass is 549 g/mol. The van der Waals surface area contributed by atoms with Crippen molar-refractivity contribution in [1.29, 1.82) is 0 Å². The molecule has 1 aliphatic heterocycles. The van der Waals surface area contributed by atoms with Crippen molar-refractivity contribution in [2.75, 3.05) is 17.2 Å². The first kappa shape index (κ1) is 26.6. The first-order valence-electron chi connectivity index (χ1n) is 13.4. The molecule has 0 spiro atoms. The summed E-state index contributed by atoms with van der Waals surface area (Å²) in [7, 11) is 0. The molecule has 1 saturated carbocycles. The number of carbonyl (C=O) groups is 2. The lowest BCUT2D eigenvalue weighted by molar-refractivity contribution is -0.123. The summed E-state index contributed by atoms with van der Waals surface area (Å²) in [6.45, 7) is 2.50. The molecule has 2 N–H and O–H groups in total. The van der Waals surface area contributed by atoms with Gasteiger partial charge in [-0.15, -0.1) is 0 Å². The summed E-state index contributed by atoms with van der Waals surface area (Å²) in [6.07, 6.45) is 6.34. The van der Waals surface area contributed by atoms with Gasteiger partial charge in [0.05, 0.1) is 12.0 Å². The summed E-state index contributed by atoms with van der Waals surface area (Å²) >= 11 is 12.4. The van der Waals surface area contributed by atoms with E-state index in [-0.39, 0.29) is 11.8 Å². The summed E-state index contributed by atoms with van der Waals surface area (Å²) < 4.78 is 0. The molecule has 3 aromatic carbocycles.